The first-order valence-electron chi connectivity index (χ1n) is 8.38. The van der Waals surface area contributed by atoms with Gasteiger partial charge < -0.3 is 14.7 Å². The highest BCUT2D eigenvalue weighted by Crippen LogP contribution is 2.55. The van der Waals surface area contributed by atoms with Gasteiger partial charge in [0.1, 0.15) is 5.60 Å². The number of carbonyl (C=O) groups excluding carboxylic acids is 1. The Balaban J connectivity index is 2.17. The van der Waals surface area contributed by atoms with Crippen LogP contribution in [0.4, 0.5) is 4.79 Å². The molecular weight excluding hydrogens is 282 g/mol. The SMILES string of the molecule is CCCN(C(=O)OC(C)(C)C)C12CCC(C(=O)O)(CC1)CC2. The number of aliphatic carboxylic acids is 1. The number of carbonyl (C=O) groups is 2. The highest BCUT2D eigenvalue weighted by Gasteiger charge is 2.56. The molecule has 3 aliphatic carbocycles. The van der Waals surface area contributed by atoms with Crippen LogP contribution in [0.2, 0.25) is 0 Å². The highest BCUT2D eigenvalue weighted by molar-refractivity contribution is 5.76. The standard InChI is InChI=1S/C17H29NO4/c1-5-12-18(14(21)22-15(2,3)4)17-9-6-16(7-10-17,8-11-17)13(19)20/h5-12H2,1-4H3,(H,19,20). The van der Waals surface area contributed by atoms with E-state index in [2.05, 4.69) is 6.92 Å². The fraction of sp³-hybridized carbons (Fsp3) is 0.882. The van der Waals surface area contributed by atoms with E-state index in [9.17, 15) is 14.7 Å². The molecule has 0 aromatic heterocycles. The van der Waals surface area contributed by atoms with Crippen LogP contribution >= 0.6 is 0 Å². The second-order valence-corrected chi connectivity index (χ2v) is 7.94. The largest absolute Gasteiger partial charge is 0.481 e. The molecule has 5 nitrogen and oxygen atoms in total. The maximum Gasteiger partial charge on any atom is 0.410 e. The molecule has 3 rings (SSSR count). The molecule has 1 N–H and O–H groups in total. The normalized spacial score (nSPS) is 30.9. The van der Waals surface area contributed by atoms with Crippen LogP contribution in [0.25, 0.3) is 0 Å². The Morgan fingerprint density at radius 3 is 1.95 bits per heavy atom. The van der Waals surface area contributed by atoms with Gasteiger partial charge in [0.05, 0.1) is 5.41 Å². The van der Waals surface area contributed by atoms with Gasteiger partial charge in [-0.25, -0.2) is 4.79 Å². The number of ether oxygens (including phenoxy) is 1. The number of carboxylic acid groups (broad SMARTS) is 1. The Labute approximate surface area is 133 Å². The topological polar surface area (TPSA) is 66.8 Å². The Morgan fingerprint density at radius 2 is 1.59 bits per heavy atom. The third-order valence-electron chi connectivity index (χ3n) is 5.29. The second kappa shape index (κ2) is 5.74. The predicted molar refractivity (Wildman–Crippen MR) is 83.7 cm³/mol. The van der Waals surface area contributed by atoms with Crippen LogP contribution in [0.3, 0.4) is 0 Å². The van der Waals surface area contributed by atoms with Crippen molar-refractivity contribution in [1.82, 2.24) is 4.90 Å². The van der Waals surface area contributed by atoms with Crippen LogP contribution < -0.4 is 0 Å². The minimum absolute atomic E-state index is 0.199. The maximum atomic E-state index is 12.6. The molecule has 5 heteroatoms. The zero-order valence-corrected chi connectivity index (χ0v) is 14.3. The highest BCUT2D eigenvalue weighted by atomic mass is 16.6. The van der Waals surface area contributed by atoms with Crippen molar-refractivity contribution in [2.45, 2.75) is 83.8 Å². The molecular formula is C17H29NO4. The van der Waals surface area contributed by atoms with Crippen LogP contribution in [0, 0.1) is 5.41 Å². The summed E-state index contributed by atoms with van der Waals surface area (Å²) in [5.41, 5.74) is -1.25. The predicted octanol–water partition coefficient (Wildman–Crippen LogP) is 3.81. The number of rotatable bonds is 4. The van der Waals surface area contributed by atoms with E-state index in [1.54, 1.807) is 0 Å². The van der Waals surface area contributed by atoms with Crippen molar-refractivity contribution in [2.24, 2.45) is 5.41 Å². The number of nitrogens with zero attached hydrogens (tertiary/aromatic N) is 1. The molecule has 0 aliphatic heterocycles. The van der Waals surface area contributed by atoms with Crippen LogP contribution in [-0.4, -0.2) is 39.8 Å². The molecule has 0 saturated heterocycles. The van der Waals surface area contributed by atoms with Crippen LogP contribution in [0.5, 0.6) is 0 Å². The van der Waals surface area contributed by atoms with Crippen LogP contribution in [-0.2, 0) is 9.53 Å². The van der Waals surface area contributed by atoms with Gasteiger partial charge in [-0.05, 0) is 65.7 Å². The van der Waals surface area contributed by atoms with Gasteiger partial charge in [-0.2, -0.15) is 0 Å². The Kier molecular flexibility index (Phi) is 4.46. The summed E-state index contributed by atoms with van der Waals surface area (Å²) in [5.74, 6) is -0.667. The minimum Gasteiger partial charge on any atom is -0.481 e. The first kappa shape index (κ1) is 17.1. The van der Waals surface area contributed by atoms with Crippen LogP contribution in [0.15, 0.2) is 0 Å². The summed E-state index contributed by atoms with van der Waals surface area (Å²) in [5, 5.41) is 9.50. The van der Waals surface area contributed by atoms with E-state index in [0.717, 1.165) is 25.7 Å². The summed E-state index contributed by atoms with van der Waals surface area (Å²) in [6.07, 6.45) is 4.97. The summed E-state index contributed by atoms with van der Waals surface area (Å²) in [7, 11) is 0. The van der Waals surface area contributed by atoms with Crippen molar-refractivity contribution in [3.63, 3.8) is 0 Å². The van der Waals surface area contributed by atoms with E-state index in [0.29, 0.717) is 25.8 Å². The van der Waals surface area contributed by atoms with Gasteiger partial charge in [0.15, 0.2) is 0 Å². The average Bonchev–Trinajstić information content (AvgIpc) is 2.44. The van der Waals surface area contributed by atoms with Crippen molar-refractivity contribution >= 4 is 12.1 Å². The first-order chi connectivity index (χ1) is 10.1. The van der Waals surface area contributed by atoms with Gasteiger partial charge in [-0.15, -0.1) is 0 Å². The third kappa shape index (κ3) is 3.08. The van der Waals surface area contributed by atoms with Crippen molar-refractivity contribution < 1.29 is 19.4 Å². The monoisotopic (exact) mass is 311 g/mol. The fourth-order valence-electron chi connectivity index (χ4n) is 3.95. The quantitative estimate of drug-likeness (QED) is 0.857. The van der Waals surface area contributed by atoms with Crippen LogP contribution in [0.1, 0.15) is 72.6 Å². The summed E-state index contributed by atoms with van der Waals surface area (Å²) < 4.78 is 5.59. The van der Waals surface area contributed by atoms with Crippen molar-refractivity contribution in [2.75, 3.05) is 6.54 Å². The van der Waals surface area contributed by atoms with E-state index >= 15 is 0 Å². The molecule has 0 spiro atoms. The Bertz CT molecular complexity index is 428. The maximum absolute atomic E-state index is 12.6. The Morgan fingerprint density at radius 1 is 1.09 bits per heavy atom. The smallest absolute Gasteiger partial charge is 0.410 e. The number of hydrogen-bond donors (Lipinski definition) is 1. The van der Waals surface area contributed by atoms with E-state index in [1.807, 2.05) is 25.7 Å². The minimum atomic E-state index is -0.667. The second-order valence-electron chi connectivity index (χ2n) is 7.94. The van der Waals surface area contributed by atoms with E-state index in [4.69, 9.17) is 4.74 Å². The molecule has 0 aromatic rings. The molecule has 3 aliphatic rings. The molecule has 0 radical (unpaired) electrons. The summed E-state index contributed by atoms with van der Waals surface area (Å²) in [4.78, 5) is 26.1. The molecule has 0 unspecified atom stereocenters. The fourth-order valence-corrected chi connectivity index (χ4v) is 3.95. The van der Waals surface area contributed by atoms with Gasteiger partial charge in [-0.1, -0.05) is 6.92 Å². The molecule has 22 heavy (non-hydrogen) atoms. The number of amides is 1. The zero-order valence-electron chi connectivity index (χ0n) is 14.3. The summed E-state index contributed by atoms with van der Waals surface area (Å²) in [6.45, 7) is 8.37. The number of fused-ring (bicyclic) bond motifs is 3. The molecule has 0 heterocycles. The van der Waals surface area contributed by atoms with Gasteiger partial charge in [0, 0.05) is 12.1 Å². The molecule has 2 bridgehead atoms. The van der Waals surface area contributed by atoms with Crippen molar-refractivity contribution in [3.8, 4) is 0 Å². The van der Waals surface area contributed by atoms with Crippen molar-refractivity contribution in [3.05, 3.63) is 0 Å². The molecule has 1 amide bonds. The first-order valence-corrected chi connectivity index (χ1v) is 8.38. The van der Waals surface area contributed by atoms with Gasteiger partial charge in [0.2, 0.25) is 0 Å². The van der Waals surface area contributed by atoms with E-state index < -0.39 is 17.0 Å². The average molecular weight is 311 g/mol. The molecule has 3 fully saturated rings. The molecule has 0 aromatic carbocycles. The molecule has 126 valence electrons. The molecule has 3 saturated carbocycles. The Hall–Kier alpha value is -1.26. The lowest BCUT2D eigenvalue weighted by molar-refractivity contribution is -0.159. The number of carboxylic acids is 1. The summed E-state index contributed by atoms with van der Waals surface area (Å²) in [6, 6.07) is 0. The lowest BCUT2D eigenvalue weighted by atomic mass is 9.56. The zero-order chi connectivity index (χ0) is 16.6. The van der Waals surface area contributed by atoms with Gasteiger partial charge in [0.25, 0.3) is 0 Å². The van der Waals surface area contributed by atoms with Crippen molar-refractivity contribution in [1.29, 1.82) is 0 Å². The van der Waals surface area contributed by atoms with E-state index in [1.165, 1.54) is 0 Å². The van der Waals surface area contributed by atoms with Gasteiger partial charge in [-0.3, -0.25) is 4.79 Å². The number of hydrogen-bond acceptors (Lipinski definition) is 3. The van der Waals surface area contributed by atoms with Gasteiger partial charge >= 0.3 is 12.1 Å². The van der Waals surface area contributed by atoms with E-state index in [-0.39, 0.29) is 11.6 Å². The molecule has 0 atom stereocenters. The lowest BCUT2D eigenvalue weighted by Gasteiger charge is -2.55. The summed E-state index contributed by atoms with van der Waals surface area (Å²) >= 11 is 0. The lowest BCUT2D eigenvalue weighted by Crippen LogP contribution is -2.60. The third-order valence-corrected chi connectivity index (χ3v) is 5.29.